The molecular weight excluding hydrogens is 487 g/mol. The Labute approximate surface area is 211 Å². The molecule has 4 aromatic rings. The molecule has 35 heavy (non-hydrogen) atoms. The van der Waals surface area contributed by atoms with Gasteiger partial charge in [0.05, 0.1) is 27.9 Å². The zero-order chi connectivity index (χ0) is 24.4. The summed E-state index contributed by atoms with van der Waals surface area (Å²) in [6.07, 6.45) is 3.83. The van der Waals surface area contributed by atoms with Crippen molar-refractivity contribution in [3.63, 3.8) is 0 Å². The van der Waals surface area contributed by atoms with Crippen LogP contribution in [0.25, 0.3) is 10.9 Å². The number of nitrogens with one attached hydrogen (secondary N) is 1. The summed E-state index contributed by atoms with van der Waals surface area (Å²) < 4.78 is 19.8. The molecule has 2 heterocycles. The van der Waals surface area contributed by atoms with Crippen LogP contribution in [0.5, 0.6) is 5.75 Å². The van der Waals surface area contributed by atoms with Crippen LogP contribution in [0.2, 0.25) is 5.02 Å². The zero-order valence-corrected chi connectivity index (χ0v) is 20.3. The number of aromatic nitrogens is 2. The standard InChI is InChI=1S/C27H22ClFN2O3S/c28-22-14-25-17(12-23(22)29)3-6-18(31-25)15-34-19-7-4-16-5-8-24-20(2-1-10-30-24)27(21(16)13-19)35-11-9-26(32)33/h1-4,6-7,10,12-14,27H,5,8-9,11,15H2,(H,32,33)/p+1. The van der Waals surface area contributed by atoms with E-state index in [0.29, 0.717) is 22.3 Å². The van der Waals surface area contributed by atoms with Crippen LogP contribution in [0.1, 0.15) is 39.7 Å². The predicted octanol–water partition coefficient (Wildman–Crippen LogP) is 5.82. The van der Waals surface area contributed by atoms with E-state index in [4.69, 9.17) is 21.4 Å². The van der Waals surface area contributed by atoms with Gasteiger partial charge in [-0.05, 0) is 53.9 Å². The number of carboxylic acids is 1. The summed E-state index contributed by atoms with van der Waals surface area (Å²) in [4.78, 5) is 19.1. The second-order valence-electron chi connectivity index (χ2n) is 8.41. The number of fused-ring (bicyclic) bond motifs is 3. The molecular formula is C27H23ClFN2O3S+. The fourth-order valence-electron chi connectivity index (χ4n) is 4.35. The maximum atomic E-state index is 13.7. The quantitative estimate of drug-likeness (QED) is 0.340. The Hall–Kier alpha value is -3.16. The van der Waals surface area contributed by atoms with E-state index in [1.165, 1.54) is 29.0 Å². The van der Waals surface area contributed by atoms with Crippen molar-refractivity contribution >= 4 is 40.2 Å². The number of rotatable bonds is 7. The number of ether oxygens (including phenoxy) is 1. The molecule has 0 amide bonds. The number of carboxylic acid groups (broad SMARTS) is 1. The van der Waals surface area contributed by atoms with Crippen molar-refractivity contribution in [3.05, 3.63) is 99.7 Å². The fourth-order valence-corrected chi connectivity index (χ4v) is 5.84. The summed E-state index contributed by atoms with van der Waals surface area (Å²) in [5.41, 5.74) is 6.05. The van der Waals surface area contributed by atoms with Crippen molar-refractivity contribution in [3.8, 4) is 5.75 Å². The molecule has 0 aliphatic heterocycles. The Morgan fingerprint density at radius 2 is 2.06 bits per heavy atom. The lowest BCUT2D eigenvalue weighted by atomic mass is 10.0. The van der Waals surface area contributed by atoms with Gasteiger partial charge in [-0.2, -0.15) is 0 Å². The zero-order valence-electron chi connectivity index (χ0n) is 18.8. The summed E-state index contributed by atoms with van der Waals surface area (Å²) in [5, 5.41) is 9.87. The second-order valence-corrected chi connectivity index (χ2v) is 10.0. The van der Waals surface area contributed by atoms with Gasteiger partial charge in [0, 0.05) is 29.2 Å². The van der Waals surface area contributed by atoms with Crippen molar-refractivity contribution < 1.29 is 24.0 Å². The number of carbonyl (C=O) groups is 1. The molecule has 8 heteroatoms. The molecule has 5 nitrogen and oxygen atoms in total. The number of aryl methyl sites for hydroxylation is 2. The molecule has 2 aromatic carbocycles. The summed E-state index contributed by atoms with van der Waals surface area (Å²) in [6.45, 7) is 0.255. The number of thioether (sulfide) groups is 1. The van der Waals surface area contributed by atoms with Gasteiger partial charge in [-0.3, -0.25) is 4.79 Å². The molecule has 0 radical (unpaired) electrons. The number of aliphatic carboxylic acids is 1. The average molecular weight is 510 g/mol. The highest BCUT2D eigenvalue weighted by Crippen LogP contribution is 2.42. The number of nitrogens with zero attached hydrogens (tertiary/aromatic N) is 1. The normalized spacial score (nSPS) is 14.7. The molecule has 2 N–H and O–H groups in total. The van der Waals surface area contributed by atoms with Gasteiger partial charge in [-0.25, -0.2) is 14.4 Å². The van der Waals surface area contributed by atoms with Crippen molar-refractivity contribution in [1.82, 2.24) is 4.98 Å². The van der Waals surface area contributed by atoms with E-state index < -0.39 is 11.8 Å². The molecule has 178 valence electrons. The fraction of sp³-hybridized carbons (Fsp3) is 0.222. The summed E-state index contributed by atoms with van der Waals surface area (Å²) in [5.74, 6) is -0.0293. The minimum atomic E-state index is -0.796. The van der Waals surface area contributed by atoms with Gasteiger partial charge in [-0.15, -0.1) is 11.8 Å². The van der Waals surface area contributed by atoms with Crippen LogP contribution in [-0.2, 0) is 24.2 Å². The lowest BCUT2D eigenvalue weighted by molar-refractivity contribution is -0.390. The van der Waals surface area contributed by atoms with E-state index in [0.717, 1.165) is 24.2 Å². The topological polar surface area (TPSA) is 73.6 Å². The summed E-state index contributed by atoms with van der Waals surface area (Å²) in [7, 11) is 0. The van der Waals surface area contributed by atoms with E-state index in [-0.39, 0.29) is 23.3 Å². The molecule has 1 atom stereocenters. The highest BCUT2D eigenvalue weighted by atomic mass is 35.5. The number of aromatic amines is 1. The maximum absolute atomic E-state index is 13.7. The van der Waals surface area contributed by atoms with Crippen LogP contribution in [0.3, 0.4) is 0 Å². The van der Waals surface area contributed by atoms with Gasteiger partial charge in [-0.1, -0.05) is 23.7 Å². The first-order chi connectivity index (χ1) is 17.0. The predicted molar refractivity (Wildman–Crippen MR) is 134 cm³/mol. The third-order valence-electron chi connectivity index (χ3n) is 6.08. The van der Waals surface area contributed by atoms with Crippen LogP contribution < -0.4 is 9.72 Å². The Balaban J connectivity index is 1.40. The molecule has 0 spiro atoms. The van der Waals surface area contributed by atoms with Crippen molar-refractivity contribution in [2.75, 3.05) is 5.75 Å². The van der Waals surface area contributed by atoms with Gasteiger partial charge in [0.1, 0.15) is 18.2 Å². The van der Waals surface area contributed by atoms with E-state index in [1.54, 1.807) is 17.8 Å². The Morgan fingerprint density at radius 3 is 2.91 bits per heavy atom. The Bertz CT molecular complexity index is 1410. The largest absolute Gasteiger partial charge is 0.487 e. The van der Waals surface area contributed by atoms with Crippen LogP contribution in [0, 0.1) is 5.82 Å². The minimum Gasteiger partial charge on any atom is -0.487 e. The second kappa shape index (κ2) is 10.2. The van der Waals surface area contributed by atoms with Crippen molar-refractivity contribution in [2.24, 2.45) is 0 Å². The SMILES string of the molecule is O=C(O)CCSC1c2cc(OCc3ccc4cc(F)c(Cl)cc4n3)ccc2CCc2[nH+]cccc21. The molecule has 1 unspecified atom stereocenters. The average Bonchev–Trinajstić information content (AvgIpc) is 3.00. The number of benzene rings is 2. The smallest absolute Gasteiger partial charge is 0.304 e. The summed E-state index contributed by atoms with van der Waals surface area (Å²) >= 11 is 7.55. The number of H-pyrrole nitrogens is 1. The molecule has 1 aliphatic carbocycles. The Kier molecular flexibility index (Phi) is 6.88. The lowest BCUT2D eigenvalue weighted by Gasteiger charge is -2.19. The van der Waals surface area contributed by atoms with Crippen LogP contribution in [-0.4, -0.2) is 21.8 Å². The van der Waals surface area contributed by atoms with Crippen LogP contribution in [0.15, 0.2) is 60.8 Å². The highest BCUT2D eigenvalue weighted by Gasteiger charge is 2.28. The highest BCUT2D eigenvalue weighted by molar-refractivity contribution is 7.99. The first-order valence-corrected chi connectivity index (χ1v) is 12.7. The number of hydrogen-bond acceptors (Lipinski definition) is 4. The van der Waals surface area contributed by atoms with Gasteiger partial charge < -0.3 is 9.84 Å². The van der Waals surface area contributed by atoms with Crippen molar-refractivity contribution in [1.29, 1.82) is 0 Å². The van der Waals surface area contributed by atoms with E-state index in [1.807, 2.05) is 24.4 Å². The van der Waals surface area contributed by atoms with Gasteiger partial charge in [0.25, 0.3) is 0 Å². The minimum absolute atomic E-state index is 0.0127. The Morgan fingerprint density at radius 1 is 1.17 bits per heavy atom. The van der Waals surface area contributed by atoms with E-state index >= 15 is 0 Å². The third kappa shape index (κ3) is 5.26. The number of hydrogen-bond donors (Lipinski definition) is 1. The molecule has 2 aromatic heterocycles. The van der Waals surface area contributed by atoms with Crippen LogP contribution >= 0.6 is 23.4 Å². The van der Waals surface area contributed by atoms with Gasteiger partial charge in [0.2, 0.25) is 0 Å². The lowest BCUT2D eigenvalue weighted by Crippen LogP contribution is -2.14. The van der Waals surface area contributed by atoms with Gasteiger partial charge >= 0.3 is 5.97 Å². The molecule has 0 fully saturated rings. The molecule has 0 saturated carbocycles. The maximum Gasteiger partial charge on any atom is 0.304 e. The number of pyridine rings is 2. The molecule has 5 rings (SSSR count). The molecule has 1 aliphatic rings. The first-order valence-electron chi connectivity index (χ1n) is 11.3. The van der Waals surface area contributed by atoms with E-state index in [2.05, 4.69) is 28.2 Å². The summed E-state index contributed by atoms with van der Waals surface area (Å²) in [6, 6.07) is 16.7. The number of halogens is 2. The van der Waals surface area contributed by atoms with Crippen molar-refractivity contribution in [2.45, 2.75) is 31.1 Å². The van der Waals surface area contributed by atoms with Crippen LogP contribution in [0.4, 0.5) is 4.39 Å². The molecule has 0 bridgehead atoms. The third-order valence-corrected chi connectivity index (χ3v) is 7.65. The first kappa shape index (κ1) is 23.6. The van der Waals surface area contributed by atoms with E-state index in [9.17, 15) is 9.18 Å². The van der Waals surface area contributed by atoms with Gasteiger partial charge in [0.15, 0.2) is 11.9 Å². The molecule has 0 saturated heterocycles. The monoisotopic (exact) mass is 509 g/mol.